The summed E-state index contributed by atoms with van der Waals surface area (Å²) < 4.78 is 5.27. The van der Waals surface area contributed by atoms with Gasteiger partial charge in [0.15, 0.2) is 0 Å². The maximum absolute atomic E-state index is 13.8. The van der Waals surface area contributed by atoms with Crippen LogP contribution >= 0.6 is 0 Å². The monoisotopic (exact) mass is 460 g/mol. The number of nitrogens with zero attached hydrogens (tertiary/aromatic N) is 1. The lowest BCUT2D eigenvalue weighted by atomic mass is 9.88. The Morgan fingerprint density at radius 3 is 2.15 bits per heavy atom. The Balaban J connectivity index is 2.44. The Labute approximate surface area is 195 Å². The van der Waals surface area contributed by atoms with Gasteiger partial charge in [0.05, 0.1) is 6.42 Å². The van der Waals surface area contributed by atoms with Crippen molar-refractivity contribution in [2.24, 2.45) is 5.73 Å². The van der Waals surface area contributed by atoms with Gasteiger partial charge in [0.2, 0.25) is 17.7 Å². The number of rotatable bonds is 9. The fourth-order valence-corrected chi connectivity index (χ4v) is 3.65. The third-order valence-electron chi connectivity index (χ3n) is 5.19. The van der Waals surface area contributed by atoms with Gasteiger partial charge in [-0.15, -0.1) is 0 Å². The summed E-state index contributed by atoms with van der Waals surface area (Å²) in [6, 6.07) is 6.50. The van der Waals surface area contributed by atoms with E-state index in [1.165, 1.54) is 4.90 Å². The first-order valence-electron chi connectivity index (χ1n) is 11.3. The number of nitrogens with two attached hydrogens (primary N) is 1. The fraction of sp³-hybridized carbons (Fsp3) is 0.583. The highest BCUT2D eigenvalue weighted by atomic mass is 16.6. The van der Waals surface area contributed by atoms with E-state index < -0.39 is 42.0 Å². The lowest BCUT2D eigenvalue weighted by Gasteiger charge is -2.43. The van der Waals surface area contributed by atoms with Crippen LogP contribution in [0.1, 0.15) is 71.9 Å². The molecule has 9 nitrogen and oxygen atoms in total. The van der Waals surface area contributed by atoms with Crippen molar-refractivity contribution < 1.29 is 23.9 Å². The van der Waals surface area contributed by atoms with Gasteiger partial charge >= 0.3 is 6.09 Å². The second-order valence-corrected chi connectivity index (χ2v) is 9.68. The van der Waals surface area contributed by atoms with Gasteiger partial charge in [-0.25, -0.2) is 4.79 Å². The van der Waals surface area contributed by atoms with E-state index in [1.54, 1.807) is 45.0 Å². The van der Waals surface area contributed by atoms with Gasteiger partial charge in [-0.3, -0.25) is 14.4 Å². The molecule has 2 unspecified atom stereocenters. The van der Waals surface area contributed by atoms with Crippen LogP contribution in [0.5, 0.6) is 0 Å². The molecular weight excluding hydrogens is 424 g/mol. The minimum absolute atomic E-state index is 0.136. The van der Waals surface area contributed by atoms with Crippen molar-refractivity contribution in [2.75, 3.05) is 0 Å². The summed E-state index contributed by atoms with van der Waals surface area (Å²) in [5, 5.41) is 5.38. The van der Waals surface area contributed by atoms with Crippen LogP contribution in [0.2, 0.25) is 0 Å². The van der Waals surface area contributed by atoms with E-state index in [2.05, 4.69) is 10.6 Å². The van der Waals surface area contributed by atoms with E-state index in [1.807, 2.05) is 19.9 Å². The molecule has 33 heavy (non-hydrogen) atoms. The molecule has 4 N–H and O–H groups in total. The molecule has 0 spiro atoms. The normalized spacial score (nSPS) is 15.7. The number of primary amides is 1. The number of amides is 4. The van der Waals surface area contributed by atoms with Crippen molar-refractivity contribution in [3.63, 3.8) is 0 Å². The maximum atomic E-state index is 13.8. The fourth-order valence-electron chi connectivity index (χ4n) is 3.65. The molecule has 2 atom stereocenters. The minimum Gasteiger partial charge on any atom is -0.444 e. The number of hydrogen-bond acceptors (Lipinski definition) is 5. The average molecular weight is 461 g/mol. The third kappa shape index (κ3) is 7.76. The van der Waals surface area contributed by atoms with Crippen molar-refractivity contribution in [3.05, 3.63) is 35.9 Å². The number of nitrogens with one attached hydrogen (secondary N) is 2. The molecule has 1 aliphatic carbocycles. The zero-order chi connectivity index (χ0) is 24.8. The Morgan fingerprint density at radius 1 is 1.09 bits per heavy atom. The van der Waals surface area contributed by atoms with Gasteiger partial charge in [0.25, 0.3) is 0 Å². The smallest absolute Gasteiger partial charge is 0.408 e. The lowest BCUT2D eigenvalue weighted by molar-refractivity contribution is -0.148. The molecule has 1 aromatic carbocycles. The van der Waals surface area contributed by atoms with Gasteiger partial charge in [-0.05, 0) is 59.4 Å². The maximum Gasteiger partial charge on any atom is 0.408 e. The van der Waals surface area contributed by atoms with Gasteiger partial charge < -0.3 is 26.0 Å². The van der Waals surface area contributed by atoms with Crippen LogP contribution in [0.4, 0.5) is 4.79 Å². The van der Waals surface area contributed by atoms with E-state index in [0.717, 1.165) is 19.3 Å². The van der Waals surface area contributed by atoms with E-state index in [9.17, 15) is 19.2 Å². The molecule has 9 heteroatoms. The highest BCUT2D eigenvalue weighted by Gasteiger charge is 2.42. The summed E-state index contributed by atoms with van der Waals surface area (Å²) >= 11 is 0. The predicted molar refractivity (Wildman–Crippen MR) is 124 cm³/mol. The molecule has 182 valence electrons. The van der Waals surface area contributed by atoms with Gasteiger partial charge in [-0.1, -0.05) is 30.3 Å². The predicted octanol–water partition coefficient (Wildman–Crippen LogP) is 2.40. The highest BCUT2D eigenvalue weighted by molar-refractivity contribution is 5.94. The molecule has 1 aliphatic rings. The summed E-state index contributed by atoms with van der Waals surface area (Å²) in [7, 11) is 0. The number of benzene rings is 1. The van der Waals surface area contributed by atoms with Crippen molar-refractivity contribution in [1.29, 1.82) is 0 Å². The van der Waals surface area contributed by atoms with Crippen molar-refractivity contribution in [2.45, 2.75) is 90.1 Å². The van der Waals surface area contributed by atoms with Gasteiger partial charge in [0.1, 0.15) is 17.7 Å². The number of alkyl carbamates (subject to hydrolysis) is 1. The highest BCUT2D eigenvalue weighted by Crippen LogP contribution is 2.34. The second kappa shape index (κ2) is 11.2. The lowest BCUT2D eigenvalue weighted by Crippen LogP contribution is -2.58. The SMILES string of the molecule is CC(C)NC(=O)C(c1ccccc1)N(C(=O)C(CC(N)=O)NC(=O)OC(C)(C)C)C1CCC1. The molecule has 1 saturated carbocycles. The van der Waals surface area contributed by atoms with E-state index >= 15 is 0 Å². The molecule has 2 rings (SSSR count). The Hall–Kier alpha value is -3.10. The van der Waals surface area contributed by atoms with E-state index in [4.69, 9.17) is 10.5 Å². The van der Waals surface area contributed by atoms with E-state index in [0.29, 0.717) is 5.56 Å². The Morgan fingerprint density at radius 2 is 1.70 bits per heavy atom. The number of hydrogen-bond donors (Lipinski definition) is 3. The molecule has 1 fully saturated rings. The number of ether oxygens (including phenoxy) is 1. The molecule has 0 heterocycles. The third-order valence-corrected chi connectivity index (χ3v) is 5.19. The first-order valence-corrected chi connectivity index (χ1v) is 11.3. The number of carbonyl (C=O) groups excluding carboxylic acids is 4. The standard InChI is InChI=1S/C24H36N4O5/c1-15(2)26-21(30)20(16-10-7-6-8-11-16)28(17-12-9-13-17)22(31)18(14-19(25)29)27-23(32)33-24(3,4)5/h6-8,10-11,15,17-18,20H,9,12-14H2,1-5H3,(H2,25,29)(H,26,30)(H,27,32). The average Bonchev–Trinajstić information content (AvgIpc) is 2.63. The quantitative estimate of drug-likeness (QED) is 0.521. The molecule has 0 bridgehead atoms. The molecule has 0 radical (unpaired) electrons. The molecule has 1 aromatic rings. The van der Waals surface area contributed by atoms with Crippen LogP contribution in [0, 0.1) is 0 Å². The van der Waals surface area contributed by atoms with Crippen LogP contribution in [-0.2, 0) is 19.1 Å². The largest absolute Gasteiger partial charge is 0.444 e. The Bertz CT molecular complexity index is 846. The van der Waals surface area contributed by atoms with Crippen LogP contribution in [0.15, 0.2) is 30.3 Å². The summed E-state index contributed by atoms with van der Waals surface area (Å²) in [4.78, 5) is 52.7. The molecule has 0 saturated heterocycles. The van der Waals surface area contributed by atoms with Crippen molar-refractivity contribution in [3.8, 4) is 0 Å². The van der Waals surface area contributed by atoms with Crippen molar-refractivity contribution >= 4 is 23.8 Å². The van der Waals surface area contributed by atoms with Crippen molar-refractivity contribution in [1.82, 2.24) is 15.5 Å². The molecular formula is C24H36N4O5. The molecule has 0 aliphatic heterocycles. The molecule has 4 amide bonds. The second-order valence-electron chi connectivity index (χ2n) is 9.68. The van der Waals surface area contributed by atoms with Gasteiger partial charge in [-0.2, -0.15) is 0 Å². The number of carbonyl (C=O) groups is 4. The van der Waals surface area contributed by atoms with Crippen LogP contribution in [0.3, 0.4) is 0 Å². The van der Waals surface area contributed by atoms with Crippen LogP contribution in [-0.4, -0.2) is 52.4 Å². The van der Waals surface area contributed by atoms with Crippen LogP contribution in [0.25, 0.3) is 0 Å². The zero-order valence-electron chi connectivity index (χ0n) is 20.1. The minimum atomic E-state index is -1.25. The van der Waals surface area contributed by atoms with E-state index in [-0.39, 0.29) is 18.0 Å². The first kappa shape index (κ1) is 26.2. The van der Waals surface area contributed by atoms with Gasteiger partial charge in [0, 0.05) is 12.1 Å². The summed E-state index contributed by atoms with van der Waals surface area (Å²) in [6.45, 7) is 8.77. The summed E-state index contributed by atoms with van der Waals surface area (Å²) in [5.41, 5.74) is 5.24. The summed E-state index contributed by atoms with van der Waals surface area (Å²) in [6.07, 6.45) is 1.12. The zero-order valence-corrected chi connectivity index (χ0v) is 20.1. The Kier molecular flexibility index (Phi) is 8.84. The first-order chi connectivity index (χ1) is 15.4. The van der Waals surface area contributed by atoms with Crippen LogP contribution < -0.4 is 16.4 Å². The summed E-state index contributed by atoms with van der Waals surface area (Å²) in [5.74, 6) is -1.62. The molecule has 0 aromatic heterocycles. The topological polar surface area (TPSA) is 131 Å².